The number of nitrogens with one attached hydrogen (secondary N) is 2. The van der Waals surface area contributed by atoms with Crippen LogP contribution in [0.3, 0.4) is 0 Å². The highest BCUT2D eigenvalue weighted by atomic mass is 16.2. The van der Waals surface area contributed by atoms with Crippen molar-refractivity contribution in [1.82, 2.24) is 20.1 Å². The maximum Gasteiger partial charge on any atom is 0.256 e. The fourth-order valence-corrected chi connectivity index (χ4v) is 3.22. The summed E-state index contributed by atoms with van der Waals surface area (Å²) in [4.78, 5) is 31.4. The maximum absolute atomic E-state index is 12.8. The van der Waals surface area contributed by atoms with E-state index in [-0.39, 0.29) is 17.7 Å². The molecule has 0 aliphatic carbocycles. The lowest BCUT2D eigenvalue weighted by atomic mass is 9.97. The molecule has 2 aromatic rings. The first-order valence-electron chi connectivity index (χ1n) is 8.88. The molecule has 3 rings (SSSR count). The largest absolute Gasteiger partial charge is 0.356 e. The van der Waals surface area contributed by atoms with Crippen LogP contribution in [-0.2, 0) is 11.3 Å². The van der Waals surface area contributed by atoms with Crippen molar-refractivity contribution in [3.05, 3.63) is 36.2 Å². The van der Waals surface area contributed by atoms with Gasteiger partial charge in [-0.2, -0.15) is 5.10 Å². The van der Waals surface area contributed by atoms with Gasteiger partial charge >= 0.3 is 0 Å². The summed E-state index contributed by atoms with van der Waals surface area (Å²) in [5.41, 5.74) is 0.375. The third kappa shape index (κ3) is 3.68. The molecule has 2 amide bonds. The standard InChI is InChI=1S/C18H24N6O2/c1-3-24-16(14(11-21-24)18(26)19-2)22-17(25)13-7-6-10-23(12-13)15-8-4-5-9-20-15/h4-5,8-9,11,13H,3,6-7,10,12H2,1-2H3,(H,19,26)(H,22,25). The van der Waals surface area contributed by atoms with Gasteiger partial charge in [-0.05, 0) is 31.9 Å². The predicted molar refractivity (Wildman–Crippen MR) is 99.1 cm³/mol. The Hall–Kier alpha value is -2.90. The molecule has 8 nitrogen and oxygen atoms in total. The molecular formula is C18H24N6O2. The van der Waals surface area contributed by atoms with Crippen molar-refractivity contribution in [2.45, 2.75) is 26.3 Å². The van der Waals surface area contributed by atoms with Crippen molar-refractivity contribution in [2.24, 2.45) is 5.92 Å². The second-order valence-corrected chi connectivity index (χ2v) is 6.26. The van der Waals surface area contributed by atoms with Crippen LogP contribution in [0, 0.1) is 5.92 Å². The van der Waals surface area contributed by atoms with E-state index in [2.05, 4.69) is 25.6 Å². The molecule has 8 heteroatoms. The van der Waals surface area contributed by atoms with Gasteiger partial charge in [-0.1, -0.05) is 6.07 Å². The monoisotopic (exact) mass is 356 g/mol. The minimum Gasteiger partial charge on any atom is -0.356 e. The fourth-order valence-electron chi connectivity index (χ4n) is 3.22. The number of aryl methyl sites for hydroxylation is 1. The molecule has 0 saturated carbocycles. The second kappa shape index (κ2) is 7.99. The second-order valence-electron chi connectivity index (χ2n) is 6.26. The predicted octanol–water partition coefficient (Wildman–Crippen LogP) is 1.51. The molecule has 1 saturated heterocycles. The lowest BCUT2D eigenvalue weighted by Gasteiger charge is -2.32. The molecule has 1 fully saturated rings. The number of carbonyl (C=O) groups excluding carboxylic acids is 2. The van der Waals surface area contributed by atoms with Gasteiger partial charge in [-0.15, -0.1) is 0 Å². The summed E-state index contributed by atoms with van der Waals surface area (Å²) in [7, 11) is 1.56. The van der Waals surface area contributed by atoms with Crippen molar-refractivity contribution in [2.75, 3.05) is 30.4 Å². The summed E-state index contributed by atoms with van der Waals surface area (Å²) < 4.78 is 1.63. The smallest absolute Gasteiger partial charge is 0.256 e. The van der Waals surface area contributed by atoms with Gasteiger partial charge < -0.3 is 15.5 Å². The molecule has 2 aromatic heterocycles. The van der Waals surface area contributed by atoms with Gasteiger partial charge in [0.15, 0.2) is 0 Å². The summed E-state index contributed by atoms with van der Waals surface area (Å²) in [5, 5.41) is 9.69. The molecule has 1 atom stereocenters. The van der Waals surface area contributed by atoms with E-state index in [0.29, 0.717) is 24.5 Å². The molecule has 1 aliphatic rings. The van der Waals surface area contributed by atoms with Gasteiger partial charge in [0.1, 0.15) is 17.2 Å². The third-order valence-corrected chi connectivity index (χ3v) is 4.62. The zero-order chi connectivity index (χ0) is 18.5. The highest BCUT2D eigenvalue weighted by Crippen LogP contribution is 2.23. The zero-order valence-corrected chi connectivity index (χ0v) is 15.1. The Bertz CT molecular complexity index is 773. The molecule has 2 N–H and O–H groups in total. The van der Waals surface area contributed by atoms with Crippen molar-refractivity contribution >= 4 is 23.5 Å². The normalized spacial score (nSPS) is 17.0. The Kier molecular flexibility index (Phi) is 5.50. The minimum atomic E-state index is -0.265. The average Bonchev–Trinajstić information content (AvgIpc) is 3.10. The Balaban J connectivity index is 1.74. The van der Waals surface area contributed by atoms with Crippen LogP contribution in [0.1, 0.15) is 30.1 Å². The summed E-state index contributed by atoms with van der Waals surface area (Å²) in [6, 6.07) is 5.78. The molecule has 1 unspecified atom stereocenters. The highest BCUT2D eigenvalue weighted by Gasteiger charge is 2.28. The summed E-state index contributed by atoms with van der Waals surface area (Å²) in [6.07, 6.45) is 4.97. The van der Waals surface area contributed by atoms with E-state index >= 15 is 0 Å². The van der Waals surface area contributed by atoms with Gasteiger partial charge in [-0.25, -0.2) is 9.67 Å². The van der Waals surface area contributed by atoms with Crippen LogP contribution >= 0.6 is 0 Å². The fraction of sp³-hybridized carbons (Fsp3) is 0.444. The molecule has 0 spiro atoms. The first kappa shape index (κ1) is 17.9. The number of hydrogen-bond donors (Lipinski definition) is 2. The Morgan fingerprint density at radius 3 is 2.88 bits per heavy atom. The van der Waals surface area contributed by atoms with Gasteiger partial charge in [0.2, 0.25) is 5.91 Å². The van der Waals surface area contributed by atoms with Crippen molar-refractivity contribution < 1.29 is 9.59 Å². The topological polar surface area (TPSA) is 92.2 Å². The number of anilines is 2. The molecule has 0 bridgehead atoms. The number of carbonyl (C=O) groups is 2. The first-order valence-corrected chi connectivity index (χ1v) is 8.88. The van der Waals surface area contributed by atoms with E-state index in [4.69, 9.17) is 0 Å². The number of rotatable bonds is 5. The van der Waals surface area contributed by atoms with Crippen LogP contribution in [0.5, 0.6) is 0 Å². The quantitative estimate of drug-likeness (QED) is 0.847. The van der Waals surface area contributed by atoms with Crippen LogP contribution in [0.25, 0.3) is 0 Å². The van der Waals surface area contributed by atoms with E-state index in [1.165, 1.54) is 6.20 Å². The summed E-state index contributed by atoms with van der Waals surface area (Å²) in [6.45, 7) is 3.98. The lowest BCUT2D eigenvalue weighted by Crippen LogP contribution is -2.41. The van der Waals surface area contributed by atoms with E-state index < -0.39 is 0 Å². The first-order chi connectivity index (χ1) is 12.6. The third-order valence-electron chi connectivity index (χ3n) is 4.62. The maximum atomic E-state index is 12.8. The van der Waals surface area contributed by atoms with Crippen molar-refractivity contribution in [3.8, 4) is 0 Å². The molecule has 138 valence electrons. The number of nitrogens with zero attached hydrogens (tertiary/aromatic N) is 4. The number of pyridine rings is 1. The Morgan fingerprint density at radius 1 is 1.35 bits per heavy atom. The van der Waals surface area contributed by atoms with Gasteiger partial charge in [0.25, 0.3) is 5.91 Å². The van der Waals surface area contributed by atoms with E-state index in [0.717, 1.165) is 25.2 Å². The SMILES string of the molecule is CCn1ncc(C(=O)NC)c1NC(=O)C1CCCN(c2ccccn2)C1. The Labute approximate surface area is 152 Å². The summed E-state index contributed by atoms with van der Waals surface area (Å²) >= 11 is 0. The van der Waals surface area contributed by atoms with Gasteiger partial charge in [0.05, 0.1) is 12.1 Å². The van der Waals surface area contributed by atoms with Crippen molar-refractivity contribution in [3.63, 3.8) is 0 Å². The highest BCUT2D eigenvalue weighted by molar-refractivity contribution is 6.03. The number of piperidine rings is 1. The van der Waals surface area contributed by atoms with Gasteiger partial charge in [0, 0.05) is 32.9 Å². The zero-order valence-electron chi connectivity index (χ0n) is 15.1. The van der Waals surface area contributed by atoms with Crippen LogP contribution in [-0.4, -0.2) is 46.7 Å². The van der Waals surface area contributed by atoms with Crippen LogP contribution in [0.15, 0.2) is 30.6 Å². The number of amides is 2. The molecule has 1 aliphatic heterocycles. The van der Waals surface area contributed by atoms with E-state index in [1.807, 2.05) is 25.1 Å². The molecule has 0 aromatic carbocycles. The minimum absolute atomic E-state index is 0.0917. The van der Waals surface area contributed by atoms with E-state index in [1.54, 1.807) is 17.9 Å². The van der Waals surface area contributed by atoms with Crippen LogP contribution in [0.2, 0.25) is 0 Å². The Morgan fingerprint density at radius 2 is 2.19 bits per heavy atom. The average molecular weight is 356 g/mol. The van der Waals surface area contributed by atoms with E-state index in [9.17, 15) is 9.59 Å². The summed E-state index contributed by atoms with van der Waals surface area (Å²) in [5.74, 6) is 0.815. The van der Waals surface area contributed by atoms with Gasteiger partial charge in [-0.3, -0.25) is 9.59 Å². The molecule has 0 radical (unpaired) electrons. The number of aromatic nitrogens is 3. The van der Waals surface area contributed by atoms with Crippen LogP contribution in [0.4, 0.5) is 11.6 Å². The lowest BCUT2D eigenvalue weighted by molar-refractivity contribution is -0.120. The number of hydrogen-bond acceptors (Lipinski definition) is 5. The molecular weight excluding hydrogens is 332 g/mol. The molecule has 26 heavy (non-hydrogen) atoms. The molecule has 3 heterocycles. The van der Waals surface area contributed by atoms with Crippen molar-refractivity contribution in [1.29, 1.82) is 0 Å². The van der Waals surface area contributed by atoms with Crippen LogP contribution < -0.4 is 15.5 Å².